The topological polar surface area (TPSA) is 36.8 Å². The summed E-state index contributed by atoms with van der Waals surface area (Å²) in [6.07, 6.45) is 0. The van der Waals surface area contributed by atoms with E-state index in [1.807, 2.05) is 53.5 Å². The van der Waals surface area contributed by atoms with Crippen LogP contribution in [0.4, 0.5) is 5.69 Å². The minimum atomic E-state index is 0.0449. The maximum atomic E-state index is 12.4. The molecule has 0 saturated carbocycles. The third-order valence-corrected chi connectivity index (χ3v) is 3.92. The third kappa shape index (κ3) is 5.42. The van der Waals surface area contributed by atoms with Gasteiger partial charge in [-0.1, -0.05) is 48.5 Å². The Hall–Kier alpha value is -2.33. The summed E-state index contributed by atoms with van der Waals surface area (Å²) in [7, 11) is 0. The van der Waals surface area contributed by atoms with E-state index in [1.165, 1.54) is 4.90 Å². The van der Waals surface area contributed by atoms with Crippen molar-refractivity contribution < 1.29 is 9.69 Å². The van der Waals surface area contributed by atoms with Gasteiger partial charge < -0.3 is 4.90 Å². The van der Waals surface area contributed by atoms with Gasteiger partial charge in [0.05, 0.1) is 25.3 Å². The molecule has 0 aliphatic rings. The molecular formula is C19H26N3O+. The molecule has 0 fully saturated rings. The van der Waals surface area contributed by atoms with Crippen LogP contribution in [0.25, 0.3) is 0 Å². The zero-order chi connectivity index (χ0) is 16.5. The monoisotopic (exact) mass is 312 g/mol. The highest BCUT2D eigenvalue weighted by Gasteiger charge is 2.15. The summed E-state index contributed by atoms with van der Waals surface area (Å²) >= 11 is 0. The van der Waals surface area contributed by atoms with Crippen LogP contribution in [0.3, 0.4) is 0 Å². The highest BCUT2D eigenvalue weighted by molar-refractivity contribution is 5.78. The molecule has 0 aliphatic carbocycles. The standard InChI is InChI=1S/C19H25N3O/c1-3-21(4-2)16-19(23)20-22(18-13-9-6-10-14-18)15-17-11-7-5-8-12-17/h5-14H,3-4,15-16H2,1-2H3,(H,20,23)/p+1. The van der Waals surface area contributed by atoms with Crippen LogP contribution in [0.5, 0.6) is 0 Å². The number of likely N-dealkylation sites (N-methyl/N-ethyl adjacent to an activating group) is 1. The number of hydrogen-bond donors (Lipinski definition) is 2. The Morgan fingerprint density at radius 2 is 1.52 bits per heavy atom. The molecule has 0 atom stereocenters. The van der Waals surface area contributed by atoms with Crippen molar-refractivity contribution in [3.8, 4) is 0 Å². The van der Waals surface area contributed by atoms with Crippen LogP contribution in [0.1, 0.15) is 19.4 Å². The Bertz CT molecular complexity index is 582. The van der Waals surface area contributed by atoms with E-state index in [-0.39, 0.29) is 5.91 Å². The lowest BCUT2D eigenvalue weighted by Gasteiger charge is -2.26. The zero-order valence-corrected chi connectivity index (χ0v) is 14.0. The number of para-hydroxylation sites is 1. The quantitative estimate of drug-likeness (QED) is 0.727. The number of nitrogens with one attached hydrogen (secondary N) is 2. The molecule has 0 saturated heterocycles. The van der Waals surface area contributed by atoms with Crippen molar-refractivity contribution >= 4 is 11.6 Å². The van der Waals surface area contributed by atoms with Gasteiger partial charge in [-0.3, -0.25) is 15.2 Å². The molecule has 0 unspecified atom stereocenters. The van der Waals surface area contributed by atoms with Crippen LogP contribution in [-0.2, 0) is 11.3 Å². The molecule has 122 valence electrons. The summed E-state index contributed by atoms with van der Waals surface area (Å²) in [4.78, 5) is 13.6. The third-order valence-electron chi connectivity index (χ3n) is 3.92. The van der Waals surface area contributed by atoms with Gasteiger partial charge in [-0.05, 0) is 31.5 Å². The van der Waals surface area contributed by atoms with Crippen molar-refractivity contribution in [1.29, 1.82) is 0 Å². The first kappa shape index (κ1) is 17.0. The Kier molecular flexibility index (Phi) is 6.63. The van der Waals surface area contributed by atoms with E-state index in [1.54, 1.807) is 0 Å². The molecule has 0 bridgehead atoms. The van der Waals surface area contributed by atoms with Crippen LogP contribution < -0.4 is 15.3 Å². The lowest BCUT2D eigenvalue weighted by Crippen LogP contribution is -3.12. The molecule has 2 aromatic carbocycles. The van der Waals surface area contributed by atoms with E-state index in [0.29, 0.717) is 13.1 Å². The summed E-state index contributed by atoms with van der Waals surface area (Å²) in [5, 5.41) is 1.92. The molecule has 2 aromatic rings. The smallest absolute Gasteiger partial charge is 0.293 e. The second-order valence-corrected chi connectivity index (χ2v) is 5.58. The first-order valence-corrected chi connectivity index (χ1v) is 8.22. The number of hydrogen-bond acceptors (Lipinski definition) is 2. The minimum Gasteiger partial charge on any atom is -0.328 e. The zero-order valence-electron chi connectivity index (χ0n) is 14.0. The molecule has 2 rings (SSSR count). The first-order chi connectivity index (χ1) is 11.2. The second kappa shape index (κ2) is 8.96. The van der Waals surface area contributed by atoms with E-state index < -0.39 is 0 Å². The van der Waals surface area contributed by atoms with Gasteiger partial charge in [-0.15, -0.1) is 0 Å². The lowest BCUT2D eigenvalue weighted by molar-refractivity contribution is -0.888. The van der Waals surface area contributed by atoms with Gasteiger partial charge in [0.1, 0.15) is 0 Å². The number of carbonyl (C=O) groups is 1. The van der Waals surface area contributed by atoms with Gasteiger partial charge in [0.25, 0.3) is 5.91 Å². The van der Waals surface area contributed by atoms with Crippen molar-refractivity contribution in [3.05, 3.63) is 66.2 Å². The molecule has 0 aliphatic heterocycles. The maximum Gasteiger partial charge on any atom is 0.293 e. The van der Waals surface area contributed by atoms with Crippen LogP contribution in [0.2, 0.25) is 0 Å². The van der Waals surface area contributed by atoms with Crippen LogP contribution in [0, 0.1) is 0 Å². The number of hydrazine groups is 1. The molecule has 2 N–H and O–H groups in total. The Morgan fingerprint density at radius 1 is 0.957 bits per heavy atom. The molecule has 0 heterocycles. The minimum absolute atomic E-state index is 0.0449. The number of nitrogens with zero attached hydrogens (tertiary/aromatic N) is 1. The highest BCUT2D eigenvalue weighted by atomic mass is 16.2. The van der Waals surface area contributed by atoms with Crippen molar-refractivity contribution in [1.82, 2.24) is 5.43 Å². The number of anilines is 1. The van der Waals surface area contributed by atoms with E-state index in [9.17, 15) is 4.79 Å². The van der Waals surface area contributed by atoms with Gasteiger partial charge in [0.2, 0.25) is 0 Å². The fourth-order valence-corrected chi connectivity index (χ4v) is 2.49. The average Bonchev–Trinajstić information content (AvgIpc) is 2.60. The summed E-state index contributed by atoms with van der Waals surface area (Å²) in [6, 6.07) is 20.1. The van der Waals surface area contributed by atoms with E-state index in [4.69, 9.17) is 0 Å². The van der Waals surface area contributed by atoms with E-state index >= 15 is 0 Å². The molecule has 4 heteroatoms. The average molecular weight is 312 g/mol. The molecule has 0 radical (unpaired) electrons. The molecular weight excluding hydrogens is 286 g/mol. The number of amides is 1. The van der Waals surface area contributed by atoms with Crippen molar-refractivity contribution in [3.63, 3.8) is 0 Å². The van der Waals surface area contributed by atoms with E-state index in [0.717, 1.165) is 24.3 Å². The predicted molar refractivity (Wildman–Crippen MR) is 94.1 cm³/mol. The Labute approximate surface area is 138 Å². The molecule has 1 amide bonds. The summed E-state index contributed by atoms with van der Waals surface area (Å²) in [5.41, 5.74) is 5.20. The lowest BCUT2D eigenvalue weighted by atomic mass is 10.2. The molecule has 23 heavy (non-hydrogen) atoms. The number of benzene rings is 2. The van der Waals surface area contributed by atoms with Crippen LogP contribution in [0.15, 0.2) is 60.7 Å². The largest absolute Gasteiger partial charge is 0.328 e. The van der Waals surface area contributed by atoms with Crippen molar-refractivity contribution in [2.24, 2.45) is 0 Å². The van der Waals surface area contributed by atoms with Gasteiger partial charge in [0.15, 0.2) is 6.54 Å². The number of rotatable bonds is 8. The fraction of sp³-hybridized carbons (Fsp3) is 0.316. The van der Waals surface area contributed by atoms with Gasteiger partial charge >= 0.3 is 0 Å². The van der Waals surface area contributed by atoms with Gasteiger partial charge in [0, 0.05) is 0 Å². The maximum absolute atomic E-state index is 12.4. The SMILES string of the molecule is CC[NH+](CC)CC(=O)NN(Cc1ccccc1)c1ccccc1. The normalized spacial score (nSPS) is 10.6. The van der Waals surface area contributed by atoms with Crippen molar-refractivity contribution in [2.75, 3.05) is 24.6 Å². The Morgan fingerprint density at radius 3 is 2.09 bits per heavy atom. The molecule has 0 spiro atoms. The predicted octanol–water partition coefficient (Wildman–Crippen LogP) is 1.65. The summed E-state index contributed by atoms with van der Waals surface area (Å²) in [5.74, 6) is 0.0449. The van der Waals surface area contributed by atoms with Crippen LogP contribution >= 0.6 is 0 Å². The number of carbonyl (C=O) groups excluding carboxylic acids is 1. The van der Waals surface area contributed by atoms with Gasteiger partial charge in [-0.2, -0.15) is 0 Å². The van der Waals surface area contributed by atoms with Gasteiger partial charge in [-0.25, -0.2) is 0 Å². The highest BCUT2D eigenvalue weighted by Crippen LogP contribution is 2.14. The number of quaternary nitrogens is 1. The summed E-state index contributed by atoms with van der Waals surface area (Å²) < 4.78 is 0. The molecule has 0 aromatic heterocycles. The Balaban J connectivity index is 2.09. The molecule has 4 nitrogen and oxygen atoms in total. The van der Waals surface area contributed by atoms with Crippen molar-refractivity contribution in [2.45, 2.75) is 20.4 Å². The van der Waals surface area contributed by atoms with E-state index in [2.05, 4.69) is 31.4 Å². The first-order valence-electron chi connectivity index (χ1n) is 8.22. The fourth-order valence-electron chi connectivity index (χ4n) is 2.49. The van der Waals surface area contributed by atoms with Crippen LogP contribution in [-0.4, -0.2) is 25.5 Å². The second-order valence-electron chi connectivity index (χ2n) is 5.58. The summed E-state index contributed by atoms with van der Waals surface area (Å²) in [6.45, 7) is 7.24.